The van der Waals surface area contributed by atoms with Crippen molar-refractivity contribution in [3.8, 4) is 0 Å². The zero-order valence-corrected chi connectivity index (χ0v) is 44.0. The van der Waals surface area contributed by atoms with E-state index in [1.54, 1.807) is 0 Å². The van der Waals surface area contributed by atoms with Gasteiger partial charge in [0.05, 0.1) is 25.4 Å². The molecule has 0 aliphatic rings. The van der Waals surface area contributed by atoms with Gasteiger partial charge in [0.2, 0.25) is 5.91 Å². The van der Waals surface area contributed by atoms with Crippen LogP contribution in [0.3, 0.4) is 0 Å². The van der Waals surface area contributed by atoms with E-state index in [0.29, 0.717) is 25.9 Å². The van der Waals surface area contributed by atoms with Crippen molar-refractivity contribution >= 4 is 11.9 Å². The molecule has 3 N–H and O–H groups in total. The summed E-state index contributed by atoms with van der Waals surface area (Å²) in [6, 6.07) is -0.550. The van der Waals surface area contributed by atoms with Crippen molar-refractivity contribution in [2.24, 2.45) is 0 Å². The van der Waals surface area contributed by atoms with Gasteiger partial charge in [-0.05, 0) is 51.4 Å². The molecule has 0 spiro atoms. The van der Waals surface area contributed by atoms with E-state index in [2.05, 4.69) is 31.3 Å². The van der Waals surface area contributed by atoms with E-state index in [1.165, 1.54) is 244 Å². The molecule has 6 nitrogen and oxygen atoms in total. The average molecular weight is 919 g/mol. The Morgan fingerprint density at radius 1 is 0.415 bits per heavy atom. The van der Waals surface area contributed by atoms with Gasteiger partial charge < -0.3 is 20.3 Å². The maximum Gasteiger partial charge on any atom is 0.305 e. The molecule has 386 valence electrons. The minimum atomic E-state index is -0.671. The highest BCUT2D eigenvalue weighted by molar-refractivity contribution is 5.76. The van der Waals surface area contributed by atoms with E-state index in [-0.39, 0.29) is 18.5 Å². The highest BCUT2D eigenvalue weighted by Gasteiger charge is 2.20. The SMILES string of the molecule is CCCCCCCCCCCCCCCCCCCCC(O)C(CO)NC(=O)CCCCCCCCC/C=C\CCCCCCCCOC(=O)CCCCCCCCCCCCCCC. The Morgan fingerprint density at radius 3 is 1.09 bits per heavy atom. The van der Waals surface area contributed by atoms with E-state index in [4.69, 9.17) is 4.74 Å². The third-order valence-electron chi connectivity index (χ3n) is 13.8. The number of amides is 1. The summed E-state index contributed by atoms with van der Waals surface area (Å²) >= 11 is 0. The van der Waals surface area contributed by atoms with Gasteiger partial charge in [-0.3, -0.25) is 9.59 Å². The number of hydrogen-bond donors (Lipinski definition) is 3. The minimum Gasteiger partial charge on any atom is -0.466 e. The largest absolute Gasteiger partial charge is 0.466 e. The number of aliphatic hydroxyl groups excluding tert-OH is 2. The topological polar surface area (TPSA) is 95.9 Å². The Kier molecular flexibility index (Phi) is 54.0. The molecule has 0 radical (unpaired) electrons. The number of carbonyl (C=O) groups excluding carboxylic acids is 2. The summed E-state index contributed by atoms with van der Waals surface area (Å²) in [5.41, 5.74) is 0. The van der Waals surface area contributed by atoms with E-state index in [1.807, 2.05) is 0 Å². The Morgan fingerprint density at radius 2 is 0.723 bits per heavy atom. The van der Waals surface area contributed by atoms with Gasteiger partial charge in [-0.1, -0.05) is 276 Å². The first kappa shape index (κ1) is 63.6. The normalized spacial score (nSPS) is 12.6. The predicted molar refractivity (Wildman–Crippen MR) is 283 cm³/mol. The molecule has 0 aromatic carbocycles. The summed E-state index contributed by atoms with van der Waals surface area (Å²) < 4.78 is 5.47. The lowest BCUT2D eigenvalue weighted by Gasteiger charge is -2.22. The second kappa shape index (κ2) is 55.2. The van der Waals surface area contributed by atoms with Crippen molar-refractivity contribution in [3.05, 3.63) is 12.2 Å². The van der Waals surface area contributed by atoms with Gasteiger partial charge in [-0.15, -0.1) is 0 Å². The van der Waals surface area contributed by atoms with Crippen LogP contribution in [-0.2, 0) is 14.3 Å². The van der Waals surface area contributed by atoms with Crippen LogP contribution >= 0.6 is 0 Å². The van der Waals surface area contributed by atoms with E-state index >= 15 is 0 Å². The number of aliphatic hydroxyl groups is 2. The maximum absolute atomic E-state index is 12.5. The summed E-state index contributed by atoms with van der Waals surface area (Å²) in [6.07, 6.45) is 64.9. The second-order valence-corrected chi connectivity index (χ2v) is 20.3. The highest BCUT2D eigenvalue weighted by Crippen LogP contribution is 2.17. The number of hydrogen-bond acceptors (Lipinski definition) is 5. The van der Waals surface area contributed by atoms with Gasteiger partial charge in [-0.25, -0.2) is 0 Å². The molecule has 0 saturated carbocycles. The molecule has 0 fully saturated rings. The Balaban J connectivity index is 3.45. The third-order valence-corrected chi connectivity index (χ3v) is 13.8. The quantitative estimate of drug-likeness (QED) is 0.0321. The number of esters is 1. The van der Waals surface area contributed by atoms with Crippen LogP contribution in [0.5, 0.6) is 0 Å². The van der Waals surface area contributed by atoms with Crippen molar-refractivity contribution in [2.75, 3.05) is 13.2 Å². The molecular formula is C59H115NO5. The molecule has 65 heavy (non-hydrogen) atoms. The van der Waals surface area contributed by atoms with Crippen LogP contribution in [0.15, 0.2) is 12.2 Å². The van der Waals surface area contributed by atoms with Crippen molar-refractivity contribution < 1.29 is 24.5 Å². The lowest BCUT2D eigenvalue weighted by molar-refractivity contribution is -0.143. The second-order valence-electron chi connectivity index (χ2n) is 20.3. The van der Waals surface area contributed by atoms with E-state index < -0.39 is 12.1 Å². The molecule has 0 aromatic rings. The minimum absolute atomic E-state index is 0.000432. The van der Waals surface area contributed by atoms with Gasteiger partial charge in [0.1, 0.15) is 0 Å². The number of ether oxygens (including phenoxy) is 1. The number of carbonyl (C=O) groups is 2. The van der Waals surface area contributed by atoms with Crippen LogP contribution in [0.25, 0.3) is 0 Å². The summed E-state index contributed by atoms with van der Waals surface area (Å²) in [4.78, 5) is 24.5. The molecule has 0 heterocycles. The highest BCUT2D eigenvalue weighted by atomic mass is 16.5. The monoisotopic (exact) mass is 918 g/mol. The fourth-order valence-corrected chi connectivity index (χ4v) is 9.28. The molecule has 0 saturated heterocycles. The zero-order valence-electron chi connectivity index (χ0n) is 44.0. The van der Waals surface area contributed by atoms with Gasteiger partial charge in [-0.2, -0.15) is 0 Å². The Hall–Kier alpha value is -1.40. The molecule has 0 aromatic heterocycles. The zero-order chi connectivity index (χ0) is 47.2. The van der Waals surface area contributed by atoms with Crippen LogP contribution in [0.4, 0.5) is 0 Å². The van der Waals surface area contributed by atoms with Gasteiger partial charge >= 0.3 is 5.97 Å². The first-order valence-electron chi connectivity index (χ1n) is 29.4. The first-order chi connectivity index (χ1) is 32.0. The van der Waals surface area contributed by atoms with Crippen LogP contribution in [0.1, 0.15) is 328 Å². The summed E-state index contributed by atoms with van der Waals surface area (Å²) in [5.74, 6) is -0.0436. The van der Waals surface area contributed by atoms with E-state index in [0.717, 1.165) is 51.4 Å². The van der Waals surface area contributed by atoms with Crippen LogP contribution in [0.2, 0.25) is 0 Å². The summed E-state index contributed by atoms with van der Waals surface area (Å²) in [6.45, 7) is 4.95. The van der Waals surface area contributed by atoms with Crippen molar-refractivity contribution in [2.45, 2.75) is 341 Å². The van der Waals surface area contributed by atoms with Gasteiger partial charge in [0, 0.05) is 12.8 Å². The van der Waals surface area contributed by atoms with Crippen LogP contribution in [0, 0.1) is 0 Å². The molecule has 0 rings (SSSR count). The lowest BCUT2D eigenvalue weighted by atomic mass is 10.0. The molecule has 1 amide bonds. The van der Waals surface area contributed by atoms with Gasteiger partial charge in [0.15, 0.2) is 0 Å². The van der Waals surface area contributed by atoms with Crippen molar-refractivity contribution in [3.63, 3.8) is 0 Å². The van der Waals surface area contributed by atoms with Crippen LogP contribution in [-0.4, -0.2) is 47.4 Å². The number of rotatable bonds is 55. The molecule has 6 heteroatoms. The third kappa shape index (κ3) is 51.8. The molecule has 0 bridgehead atoms. The fraction of sp³-hybridized carbons (Fsp3) is 0.932. The summed E-state index contributed by atoms with van der Waals surface area (Å²) in [5, 5.41) is 23.3. The standard InChI is InChI=1S/C59H115NO5/c1-3-5-7-9-11-13-15-17-18-19-21-24-28-31-35-39-43-47-51-57(62)56(55-61)60-58(63)52-48-44-40-36-32-29-25-22-20-23-26-30-34-38-42-46-50-54-65-59(64)53-49-45-41-37-33-27-16-14-12-10-8-6-4-2/h20,23,56-57,61-62H,3-19,21-22,24-55H2,1-2H3,(H,60,63)/b23-20-. The predicted octanol–water partition coefficient (Wildman–Crippen LogP) is 18.1. The average Bonchev–Trinajstić information content (AvgIpc) is 3.31. The molecule has 0 aliphatic heterocycles. The Labute approximate surface area is 406 Å². The molecule has 0 aliphatic carbocycles. The number of unbranched alkanes of at least 4 members (excludes halogenated alkanes) is 42. The smallest absolute Gasteiger partial charge is 0.305 e. The Bertz CT molecular complexity index is 970. The van der Waals surface area contributed by atoms with Crippen molar-refractivity contribution in [1.29, 1.82) is 0 Å². The summed E-state index contributed by atoms with van der Waals surface area (Å²) in [7, 11) is 0. The van der Waals surface area contributed by atoms with E-state index in [9.17, 15) is 19.8 Å². The van der Waals surface area contributed by atoms with Crippen molar-refractivity contribution in [1.82, 2.24) is 5.32 Å². The maximum atomic E-state index is 12.5. The fourth-order valence-electron chi connectivity index (χ4n) is 9.28. The molecule has 2 atom stereocenters. The van der Waals surface area contributed by atoms with Crippen LogP contribution < -0.4 is 5.32 Å². The first-order valence-corrected chi connectivity index (χ1v) is 29.4. The lowest BCUT2D eigenvalue weighted by Crippen LogP contribution is -2.45. The van der Waals surface area contributed by atoms with Gasteiger partial charge in [0.25, 0.3) is 0 Å². The molecule has 2 unspecified atom stereocenters. The number of allylic oxidation sites excluding steroid dienone is 2. The molecular weight excluding hydrogens is 803 g/mol. The number of nitrogens with one attached hydrogen (secondary N) is 1.